The molecule has 1 aliphatic rings. The summed E-state index contributed by atoms with van der Waals surface area (Å²) in [4.78, 5) is 28.9. The molecule has 0 aliphatic carbocycles. The molecule has 5 nitrogen and oxygen atoms in total. The normalized spacial score (nSPS) is 17.3. The summed E-state index contributed by atoms with van der Waals surface area (Å²) in [5, 5.41) is 0. The van der Waals surface area contributed by atoms with E-state index in [9.17, 15) is 9.59 Å². The molecular weight excluding hydrogens is 292 g/mol. The van der Waals surface area contributed by atoms with Crippen LogP contribution in [0, 0.1) is 0 Å². The van der Waals surface area contributed by atoms with E-state index < -0.39 is 0 Å². The van der Waals surface area contributed by atoms with Crippen LogP contribution in [0.15, 0.2) is 47.4 Å². The highest BCUT2D eigenvalue weighted by atomic mass is 16.5. The quantitative estimate of drug-likeness (QED) is 0.941. The number of nitrogens with zero attached hydrogens (tertiary/aromatic N) is 1. The first-order valence-electron chi connectivity index (χ1n) is 7.80. The average Bonchev–Trinajstić information content (AvgIpc) is 3.03. The zero-order valence-electron chi connectivity index (χ0n) is 13.1. The standard InChI is InChI=1S/C18H20N2O3/c1-23-15-8-6-13(7-9-15)12-14-4-3-11-20(14)18(22)16-5-2-10-19-17(16)21/h2,5-10,14H,3-4,11-12H2,1H3,(H,19,21)/t14-/m0/s1. The molecule has 2 heterocycles. The van der Waals surface area contributed by atoms with Crippen LogP contribution in [0.25, 0.3) is 0 Å². The van der Waals surface area contributed by atoms with Crippen molar-refractivity contribution >= 4 is 5.91 Å². The van der Waals surface area contributed by atoms with Crippen LogP contribution < -0.4 is 10.3 Å². The number of likely N-dealkylation sites (tertiary alicyclic amines) is 1. The van der Waals surface area contributed by atoms with Gasteiger partial charge in [0, 0.05) is 18.8 Å². The van der Waals surface area contributed by atoms with Gasteiger partial charge in [-0.2, -0.15) is 0 Å². The second kappa shape index (κ2) is 6.69. The van der Waals surface area contributed by atoms with E-state index in [0.29, 0.717) is 6.54 Å². The van der Waals surface area contributed by atoms with Crippen molar-refractivity contribution in [2.75, 3.05) is 13.7 Å². The van der Waals surface area contributed by atoms with Crippen LogP contribution in [0.1, 0.15) is 28.8 Å². The molecule has 1 aromatic heterocycles. The SMILES string of the molecule is COc1ccc(C[C@@H]2CCCN2C(=O)c2ccc[nH]c2=O)cc1. The fourth-order valence-electron chi connectivity index (χ4n) is 3.09. The lowest BCUT2D eigenvalue weighted by Crippen LogP contribution is -2.39. The maximum atomic E-state index is 12.7. The number of nitrogens with one attached hydrogen (secondary N) is 1. The molecule has 3 rings (SSSR count). The Bertz CT molecular complexity index is 736. The third kappa shape index (κ3) is 3.28. The van der Waals surface area contributed by atoms with Crippen LogP contribution in [0.2, 0.25) is 0 Å². The van der Waals surface area contributed by atoms with Crippen molar-refractivity contribution in [2.24, 2.45) is 0 Å². The van der Waals surface area contributed by atoms with Crippen molar-refractivity contribution in [2.45, 2.75) is 25.3 Å². The summed E-state index contributed by atoms with van der Waals surface area (Å²) in [6.07, 6.45) is 4.26. The van der Waals surface area contributed by atoms with Gasteiger partial charge >= 0.3 is 0 Å². The fraction of sp³-hybridized carbons (Fsp3) is 0.333. The maximum absolute atomic E-state index is 12.7. The van der Waals surface area contributed by atoms with E-state index in [1.165, 1.54) is 6.20 Å². The van der Waals surface area contributed by atoms with Gasteiger partial charge in [-0.05, 0) is 49.1 Å². The maximum Gasteiger partial charge on any atom is 0.260 e. The van der Waals surface area contributed by atoms with Gasteiger partial charge in [0.2, 0.25) is 0 Å². The van der Waals surface area contributed by atoms with E-state index in [0.717, 1.165) is 30.6 Å². The second-order valence-electron chi connectivity index (χ2n) is 5.76. The zero-order chi connectivity index (χ0) is 16.2. The number of carbonyl (C=O) groups excluding carboxylic acids is 1. The Labute approximate surface area is 134 Å². The van der Waals surface area contributed by atoms with E-state index in [2.05, 4.69) is 4.98 Å². The molecule has 120 valence electrons. The molecule has 0 spiro atoms. The third-order valence-corrected chi connectivity index (χ3v) is 4.32. The topological polar surface area (TPSA) is 62.4 Å². The number of rotatable bonds is 4. The van der Waals surface area contributed by atoms with Gasteiger partial charge in [0.15, 0.2) is 0 Å². The van der Waals surface area contributed by atoms with Gasteiger partial charge in [-0.3, -0.25) is 9.59 Å². The Balaban J connectivity index is 1.76. The highest BCUT2D eigenvalue weighted by Crippen LogP contribution is 2.23. The monoisotopic (exact) mass is 312 g/mol. The molecule has 1 amide bonds. The average molecular weight is 312 g/mol. The first kappa shape index (κ1) is 15.3. The van der Waals surface area contributed by atoms with E-state index in [1.807, 2.05) is 29.2 Å². The predicted molar refractivity (Wildman–Crippen MR) is 87.8 cm³/mol. The number of pyridine rings is 1. The molecule has 2 aromatic rings. The second-order valence-corrected chi connectivity index (χ2v) is 5.76. The Morgan fingerprint density at radius 3 is 2.78 bits per heavy atom. The molecule has 23 heavy (non-hydrogen) atoms. The number of aromatic nitrogens is 1. The van der Waals surface area contributed by atoms with Crippen LogP contribution in [0.5, 0.6) is 5.75 Å². The molecule has 0 unspecified atom stereocenters. The van der Waals surface area contributed by atoms with E-state index >= 15 is 0 Å². The number of methoxy groups -OCH3 is 1. The van der Waals surface area contributed by atoms with Crippen LogP contribution in [-0.2, 0) is 6.42 Å². The number of hydrogen-bond acceptors (Lipinski definition) is 3. The van der Waals surface area contributed by atoms with Crippen molar-refractivity contribution in [3.8, 4) is 5.75 Å². The summed E-state index contributed by atoms with van der Waals surface area (Å²) in [6.45, 7) is 0.702. The molecule has 1 atom stereocenters. The number of hydrogen-bond donors (Lipinski definition) is 1. The molecule has 0 bridgehead atoms. The molecule has 1 N–H and O–H groups in total. The van der Waals surface area contributed by atoms with Gasteiger partial charge in [-0.25, -0.2) is 0 Å². The van der Waals surface area contributed by atoms with Crippen molar-refractivity contribution in [1.29, 1.82) is 0 Å². The number of ether oxygens (including phenoxy) is 1. The fourth-order valence-corrected chi connectivity index (χ4v) is 3.09. The first-order chi connectivity index (χ1) is 11.2. The van der Waals surface area contributed by atoms with Crippen molar-refractivity contribution in [1.82, 2.24) is 9.88 Å². The van der Waals surface area contributed by atoms with E-state index in [1.54, 1.807) is 19.2 Å². The largest absolute Gasteiger partial charge is 0.497 e. The van der Waals surface area contributed by atoms with Crippen molar-refractivity contribution in [3.05, 3.63) is 64.1 Å². The summed E-state index contributed by atoms with van der Waals surface area (Å²) in [6, 6.07) is 11.3. The Morgan fingerprint density at radius 2 is 2.09 bits per heavy atom. The molecule has 0 radical (unpaired) electrons. The number of amides is 1. The minimum absolute atomic E-state index is 0.135. The van der Waals surface area contributed by atoms with Gasteiger partial charge in [0.05, 0.1) is 7.11 Å². The Hall–Kier alpha value is -2.56. The van der Waals surface area contributed by atoms with Crippen molar-refractivity contribution < 1.29 is 9.53 Å². The summed E-state index contributed by atoms with van der Waals surface area (Å²) in [5.74, 6) is 0.645. The van der Waals surface area contributed by atoms with Crippen molar-refractivity contribution in [3.63, 3.8) is 0 Å². The van der Waals surface area contributed by atoms with Gasteiger partial charge < -0.3 is 14.6 Å². The molecule has 5 heteroatoms. The molecule has 1 fully saturated rings. The highest BCUT2D eigenvalue weighted by molar-refractivity contribution is 5.94. The van der Waals surface area contributed by atoms with Crippen LogP contribution >= 0.6 is 0 Å². The molecule has 1 aliphatic heterocycles. The van der Waals surface area contributed by atoms with E-state index in [4.69, 9.17) is 4.74 Å². The minimum atomic E-state index is -0.326. The first-order valence-corrected chi connectivity index (χ1v) is 7.80. The summed E-state index contributed by atoms with van der Waals surface area (Å²) >= 11 is 0. The number of H-pyrrole nitrogens is 1. The van der Waals surface area contributed by atoms with Crippen LogP contribution in [0.4, 0.5) is 0 Å². The lowest BCUT2D eigenvalue weighted by molar-refractivity contribution is 0.0734. The minimum Gasteiger partial charge on any atom is -0.497 e. The zero-order valence-corrected chi connectivity index (χ0v) is 13.1. The van der Waals surface area contributed by atoms with Crippen LogP contribution in [0.3, 0.4) is 0 Å². The number of carbonyl (C=O) groups is 1. The molecular formula is C18H20N2O3. The highest BCUT2D eigenvalue weighted by Gasteiger charge is 2.30. The summed E-state index contributed by atoms with van der Waals surface area (Å²) in [5.41, 5.74) is 1.05. The smallest absolute Gasteiger partial charge is 0.260 e. The Morgan fingerprint density at radius 1 is 1.30 bits per heavy atom. The third-order valence-electron chi connectivity index (χ3n) is 4.32. The number of aromatic amines is 1. The molecule has 1 saturated heterocycles. The van der Waals surface area contributed by atoms with Gasteiger partial charge in [0.1, 0.15) is 11.3 Å². The van der Waals surface area contributed by atoms with Gasteiger partial charge in [0.25, 0.3) is 11.5 Å². The Kier molecular flexibility index (Phi) is 4.46. The summed E-state index contributed by atoms with van der Waals surface area (Å²) < 4.78 is 5.17. The molecule has 0 saturated carbocycles. The van der Waals surface area contributed by atoms with E-state index in [-0.39, 0.29) is 23.1 Å². The van der Waals surface area contributed by atoms with Gasteiger partial charge in [-0.1, -0.05) is 12.1 Å². The van der Waals surface area contributed by atoms with Crippen LogP contribution in [-0.4, -0.2) is 35.5 Å². The predicted octanol–water partition coefficient (Wildman–Crippen LogP) is 2.23. The lowest BCUT2D eigenvalue weighted by Gasteiger charge is -2.24. The molecule has 1 aromatic carbocycles. The summed E-state index contributed by atoms with van der Waals surface area (Å²) in [7, 11) is 1.64. The lowest BCUT2D eigenvalue weighted by atomic mass is 10.0. The number of benzene rings is 1. The van der Waals surface area contributed by atoms with Gasteiger partial charge in [-0.15, -0.1) is 0 Å².